The van der Waals surface area contributed by atoms with Crippen molar-refractivity contribution >= 4 is 44.7 Å². The summed E-state index contributed by atoms with van der Waals surface area (Å²) in [5, 5.41) is 2.66. The average Bonchev–Trinajstić information content (AvgIpc) is 3.21. The van der Waals surface area contributed by atoms with Crippen molar-refractivity contribution in [1.29, 1.82) is 0 Å². The first kappa shape index (κ1) is 21.7. The molecule has 2 heterocycles. The van der Waals surface area contributed by atoms with Crippen LogP contribution in [-0.4, -0.2) is 40.5 Å². The number of nitrogens with one attached hydrogen (secondary N) is 1. The molecule has 0 radical (unpaired) electrons. The molecule has 3 aromatic rings. The van der Waals surface area contributed by atoms with Gasteiger partial charge >= 0.3 is 11.9 Å². The summed E-state index contributed by atoms with van der Waals surface area (Å²) in [4.78, 5) is 38.1. The van der Waals surface area contributed by atoms with E-state index in [4.69, 9.17) is 9.47 Å². The number of carbonyl (C=O) groups is 3. The van der Waals surface area contributed by atoms with Crippen LogP contribution in [0.3, 0.4) is 0 Å². The van der Waals surface area contributed by atoms with Gasteiger partial charge in [-0.2, -0.15) is 0 Å². The van der Waals surface area contributed by atoms with E-state index in [1.54, 1.807) is 30.3 Å². The number of carbonyl (C=O) groups excluding carboxylic acids is 3. The molecule has 0 saturated heterocycles. The van der Waals surface area contributed by atoms with E-state index in [1.165, 1.54) is 43.8 Å². The SMILES string of the molecule is COC(=O)c1cc(NC(=O)c2cc3c(s2)-c2ccccc2S(=O)(=O)C3)cc(C(=O)OC)c1. The van der Waals surface area contributed by atoms with E-state index >= 15 is 0 Å². The lowest BCUT2D eigenvalue weighted by atomic mass is 10.1. The monoisotopic (exact) mass is 471 g/mol. The van der Waals surface area contributed by atoms with Gasteiger partial charge < -0.3 is 14.8 Å². The number of anilines is 1. The molecule has 32 heavy (non-hydrogen) atoms. The largest absolute Gasteiger partial charge is 0.465 e. The van der Waals surface area contributed by atoms with Crippen molar-refractivity contribution in [2.24, 2.45) is 0 Å². The lowest BCUT2D eigenvalue weighted by Crippen LogP contribution is -2.13. The first-order chi connectivity index (χ1) is 15.2. The molecule has 2 aromatic carbocycles. The molecule has 10 heteroatoms. The highest BCUT2D eigenvalue weighted by Crippen LogP contribution is 2.42. The molecule has 0 spiro atoms. The maximum Gasteiger partial charge on any atom is 0.337 e. The van der Waals surface area contributed by atoms with Crippen LogP contribution in [-0.2, 0) is 25.1 Å². The number of rotatable bonds is 4. The summed E-state index contributed by atoms with van der Waals surface area (Å²) >= 11 is 1.18. The molecule has 1 N–H and O–H groups in total. The van der Waals surface area contributed by atoms with Gasteiger partial charge in [0, 0.05) is 16.1 Å². The summed E-state index contributed by atoms with van der Waals surface area (Å²) in [6.07, 6.45) is 0. The summed E-state index contributed by atoms with van der Waals surface area (Å²) in [5.74, 6) is -2.05. The maximum absolute atomic E-state index is 12.9. The Labute approximate surface area is 187 Å². The minimum absolute atomic E-state index is 0.0659. The number of hydrogen-bond acceptors (Lipinski definition) is 8. The second-order valence-electron chi connectivity index (χ2n) is 6.96. The van der Waals surface area contributed by atoms with Gasteiger partial charge in [-0.15, -0.1) is 11.3 Å². The Morgan fingerprint density at radius 2 is 1.56 bits per heavy atom. The minimum Gasteiger partial charge on any atom is -0.465 e. The van der Waals surface area contributed by atoms with E-state index in [0.29, 0.717) is 16.0 Å². The minimum atomic E-state index is -3.49. The topological polar surface area (TPSA) is 116 Å². The van der Waals surface area contributed by atoms with Gasteiger partial charge in [-0.25, -0.2) is 18.0 Å². The number of ether oxygens (including phenoxy) is 2. The van der Waals surface area contributed by atoms with Crippen molar-refractivity contribution in [3.63, 3.8) is 0 Å². The molecule has 0 unspecified atom stereocenters. The molecule has 164 valence electrons. The Balaban J connectivity index is 1.69. The Kier molecular flexibility index (Phi) is 5.57. The zero-order valence-electron chi connectivity index (χ0n) is 17.0. The van der Waals surface area contributed by atoms with Gasteiger partial charge in [0.05, 0.1) is 40.9 Å². The second-order valence-corrected chi connectivity index (χ2v) is 9.97. The number of hydrogen-bond donors (Lipinski definition) is 1. The van der Waals surface area contributed by atoms with Crippen LogP contribution in [0.5, 0.6) is 0 Å². The Bertz CT molecular complexity index is 1340. The van der Waals surface area contributed by atoms with Crippen molar-refractivity contribution < 1.29 is 32.3 Å². The van der Waals surface area contributed by atoms with Crippen LogP contribution in [0.4, 0.5) is 5.69 Å². The third-order valence-electron chi connectivity index (χ3n) is 4.88. The van der Waals surface area contributed by atoms with Crippen LogP contribution in [0.2, 0.25) is 0 Å². The average molecular weight is 472 g/mol. The maximum atomic E-state index is 12.9. The van der Waals surface area contributed by atoms with E-state index in [0.717, 1.165) is 4.88 Å². The second kappa shape index (κ2) is 8.21. The molecule has 0 saturated carbocycles. The molecule has 1 aliphatic heterocycles. The fraction of sp³-hybridized carbons (Fsp3) is 0.136. The van der Waals surface area contributed by atoms with Gasteiger partial charge in [0.15, 0.2) is 9.84 Å². The lowest BCUT2D eigenvalue weighted by molar-refractivity contribution is 0.0598. The van der Waals surface area contributed by atoms with E-state index in [9.17, 15) is 22.8 Å². The van der Waals surface area contributed by atoms with E-state index < -0.39 is 27.7 Å². The molecule has 0 atom stereocenters. The number of benzene rings is 2. The summed E-state index contributed by atoms with van der Waals surface area (Å²) in [5.41, 5.74) is 1.45. The van der Waals surface area contributed by atoms with Crippen LogP contribution < -0.4 is 5.32 Å². The highest BCUT2D eigenvalue weighted by Gasteiger charge is 2.30. The molecule has 0 bridgehead atoms. The third kappa shape index (κ3) is 3.90. The zero-order chi connectivity index (χ0) is 23.0. The Morgan fingerprint density at radius 3 is 2.19 bits per heavy atom. The van der Waals surface area contributed by atoms with Gasteiger partial charge in [-0.1, -0.05) is 18.2 Å². The van der Waals surface area contributed by atoms with E-state index in [1.807, 2.05) is 0 Å². The van der Waals surface area contributed by atoms with Crippen molar-refractivity contribution in [3.8, 4) is 10.4 Å². The number of amides is 1. The summed E-state index contributed by atoms with van der Waals surface area (Å²) in [6, 6.07) is 12.3. The van der Waals surface area contributed by atoms with Gasteiger partial charge in [0.1, 0.15) is 0 Å². The zero-order valence-corrected chi connectivity index (χ0v) is 18.6. The van der Waals surface area contributed by atoms with E-state index in [-0.39, 0.29) is 27.5 Å². The number of sulfone groups is 1. The predicted molar refractivity (Wildman–Crippen MR) is 118 cm³/mol. The number of fused-ring (bicyclic) bond motifs is 3. The molecule has 8 nitrogen and oxygen atoms in total. The molecule has 4 rings (SSSR count). The molecule has 0 aliphatic carbocycles. The molecule has 1 aliphatic rings. The first-order valence-electron chi connectivity index (χ1n) is 9.31. The number of esters is 2. The predicted octanol–water partition coefficient (Wildman–Crippen LogP) is 3.53. The summed E-state index contributed by atoms with van der Waals surface area (Å²) in [6.45, 7) is 0. The number of thiophene rings is 1. The fourth-order valence-electron chi connectivity index (χ4n) is 3.45. The van der Waals surface area contributed by atoms with Crippen LogP contribution in [0.25, 0.3) is 10.4 Å². The summed E-state index contributed by atoms with van der Waals surface area (Å²) < 4.78 is 34.6. The summed E-state index contributed by atoms with van der Waals surface area (Å²) in [7, 11) is -1.09. The van der Waals surface area contributed by atoms with Crippen LogP contribution in [0, 0.1) is 0 Å². The third-order valence-corrected chi connectivity index (χ3v) is 7.80. The van der Waals surface area contributed by atoms with Crippen molar-refractivity contribution in [3.05, 3.63) is 70.1 Å². The molecule has 0 fully saturated rings. The highest BCUT2D eigenvalue weighted by atomic mass is 32.2. The molecular formula is C22H17NO7S2. The number of methoxy groups -OCH3 is 2. The van der Waals surface area contributed by atoms with E-state index in [2.05, 4.69) is 5.32 Å². The van der Waals surface area contributed by atoms with Gasteiger partial charge in [0.2, 0.25) is 0 Å². The normalized spacial score (nSPS) is 13.4. The van der Waals surface area contributed by atoms with Gasteiger partial charge in [0.25, 0.3) is 5.91 Å². The van der Waals surface area contributed by atoms with Crippen molar-refractivity contribution in [1.82, 2.24) is 0 Å². The Morgan fingerprint density at radius 1 is 0.938 bits per heavy atom. The lowest BCUT2D eigenvalue weighted by Gasteiger charge is -2.15. The molecule has 1 aromatic heterocycles. The van der Waals surface area contributed by atoms with Crippen molar-refractivity contribution in [2.75, 3.05) is 19.5 Å². The quantitative estimate of drug-likeness (QED) is 0.579. The first-order valence-corrected chi connectivity index (χ1v) is 11.8. The fourth-order valence-corrected chi connectivity index (χ4v) is 6.30. The smallest absolute Gasteiger partial charge is 0.337 e. The van der Waals surface area contributed by atoms with Gasteiger partial charge in [-0.05, 0) is 35.9 Å². The van der Waals surface area contributed by atoms with Crippen LogP contribution in [0.1, 0.15) is 36.0 Å². The van der Waals surface area contributed by atoms with Crippen LogP contribution in [0.15, 0.2) is 53.4 Å². The van der Waals surface area contributed by atoms with Gasteiger partial charge in [-0.3, -0.25) is 4.79 Å². The molecular weight excluding hydrogens is 454 g/mol. The van der Waals surface area contributed by atoms with Crippen molar-refractivity contribution in [2.45, 2.75) is 10.6 Å². The Hall–Kier alpha value is -3.50. The van der Waals surface area contributed by atoms with Crippen LogP contribution >= 0.6 is 11.3 Å². The molecule has 1 amide bonds. The highest BCUT2D eigenvalue weighted by molar-refractivity contribution is 7.91. The standard InChI is InChI=1S/C22H17NO7S2/c1-29-21(25)12-7-13(22(26)30-2)9-15(8-12)23-20(24)17-10-14-11-32(27,28)18-6-4-3-5-16(18)19(14)31-17/h3-10H,11H2,1-2H3,(H,23,24).